The monoisotopic (exact) mass is 398 g/mol. The van der Waals surface area contributed by atoms with Crippen molar-refractivity contribution in [3.05, 3.63) is 74.8 Å². The van der Waals surface area contributed by atoms with Gasteiger partial charge in [-0.05, 0) is 41.5 Å². The summed E-state index contributed by atoms with van der Waals surface area (Å²) in [6.45, 7) is 4.88. The van der Waals surface area contributed by atoms with E-state index in [1.54, 1.807) is 12.1 Å². The van der Waals surface area contributed by atoms with Gasteiger partial charge in [-0.1, -0.05) is 55.8 Å². The zero-order chi connectivity index (χ0) is 19.8. The van der Waals surface area contributed by atoms with Crippen LogP contribution in [-0.4, -0.2) is 11.5 Å². The van der Waals surface area contributed by atoms with Crippen LogP contribution in [0.3, 0.4) is 0 Å². The summed E-state index contributed by atoms with van der Waals surface area (Å²) >= 11 is 6.02. The van der Waals surface area contributed by atoms with E-state index < -0.39 is 4.92 Å². The number of hydrogen-bond donors (Lipinski definition) is 1. The minimum atomic E-state index is -0.426. The molecule has 1 heterocycles. The molecule has 6 heteroatoms. The first kappa shape index (κ1) is 18.8. The van der Waals surface area contributed by atoms with E-state index in [0.717, 1.165) is 23.4 Å². The SMILES string of the molecule is CC(C)COc1cccc2c1NC(c1ccc(Cl)c([N+](=O)[O-])c1)C1CC=CC21. The molecule has 1 aliphatic carbocycles. The quantitative estimate of drug-likeness (QED) is 0.375. The summed E-state index contributed by atoms with van der Waals surface area (Å²) in [7, 11) is 0. The maximum absolute atomic E-state index is 11.4. The van der Waals surface area contributed by atoms with Crippen LogP contribution in [0.25, 0.3) is 0 Å². The molecule has 3 unspecified atom stereocenters. The number of nitro benzene ring substituents is 1. The highest BCUT2D eigenvalue weighted by Gasteiger charge is 2.39. The molecule has 3 atom stereocenters. The number of ether oxygens (including phenoxy) is 1. The van der Waals surface area contributed by atoms with Crippen molar-refractivity contribution >= 4 is 23.0 Å². The van der Waals surface area contributed by atoms with Crippen LogP contribution in [0.4, 0.5) is 11.4 Å². The fourth-order valence-corrected chi connectivity index (χ4v) is 4.35. The van der Waals surface area contributed by atoms with Gasteiger partial charge in [0.05, 0.1) is 23.3 Å². The van der Waals surface area contributed by atoms with Crippen molar-refractivity contribution in [1.82, 2.24) is 0 Å². The lowest BCUT2D eigenvalue weighted by Gasteiger charge is -2.38. The van der Waals surface area contributed by atoms with E-state index in [-0.39, 0.29) is 22.7 Å². The average Bonchev–Trinajstić information content (AvgIpc) is 3.16. The Balaban J connectivity index is 1.75. The minimum absolute atomic E-state index is 0.0488. The zero-order valence-corrected chi connectivity index (χ0v) is 16.6. The molecule has 5 nitrogen and oxygen atoms in total. The molecule has 2 aromatic rings. The lowest BCUT2D eigenvalue weighted by Crippen LogP contribution is -2.29. The number of hydrogen-bond acceptors (Lipinski definition) is 4. The van der Waals surface area contributed by atoms with Crippen LogP contribution in [0.5, 0.6) is 5.75 Å². The molecule has 0 spiro atoms. The van der Waals surface area contributed by atoms with Crippen LogP contribution >= 0.6 is 11.6 Å². The molecule has 2 aromatic carbocycles. The number of halogens is 1. The first-order chi connectivity index (χ1) is 13.5. The summed E-state index contributed by atoms with van der Waals surface area (Å²) < 4.78 is 6.06. The largest absolute Gasteiger partial charge is 0.491 e. The highest BCUT2D eigenvalue weighted by atomic mass is 35.5. The first-order valence-corrected chi connectivity index (χ1v) is 9.96. The molecule has 0 aromatic heterocycles. The van der Waals surface area contributed by atoms with Gasteiger partial charge in [0, 0.05) is 12.0 Å². The number of rotatable bonds is 5. The summed E-state index contributed by atoms with van der Waals surface area (Å²) in [6.07, 6.45) is 5.37. The minimum Gasteiger partial charge on any atom is -0.491 e. The van der Waals surface area contributed by atoms with Gasteiger partial charge in [-0.2, -0.15) is 0 Å². The normalized spacial score (nSPS) is 22.5. The first-order valence-electron chi connectivity index (χ1n) is 9.58. The lowest BCUT2D eigenvalue weighted by atomic mass is 9.77. The maximum Gasteiger partial charge on any atom is 0.288 e. The molecular formula is C22H23ClN2O3. The van der Waals surface area contributed by atoms with Crippen molar-refractivity contribution in [2.75, 3.05) is 11.9 Å². The third-order valence-electron chi connectivity index (χ3n) is 5.46. The summed E-state index contributed by atoms with van der Waals surface area (Å²) in [6, 6.07) is 11.2. The predicted molar refractivity (Wildman–Crippen MR) is 111 cm³/mol. The molecule has 0 saturated heterocycles. The smallest absolute Gasteiger partial charge is 0.288 e. The number of para-hydroxylation sites is 1. The summed E-state index contributed by atoms with van der Waals surface area (Å²) in [5.41, 5.74) is 3.02. The van der Waals surface area contributed by atoms with Gasteiger partial charge in [0.1, 0.15) is 10.8 Å². The van der Waals surface area contributed by atoms with E-state index in [1.807, 2.05) is 18.2 Å². The van der Waals surface area contributed by atoms with Gasteiger partial charge >= 0.3 is 0 Å². The fourth-order valence-electron chi connectivity index (χ4n) is 4.16. The average molecular weight is 399 g/mol. The van der Waals surface area contributed by atoms with E-state index in [0.29, 0.717) is 18.4 Å². The molecule has 0 fully saturated rings. The molecule has 146 valence electrons. The fraction of sp³-hybridized carbons (Fsp3) is 0.364. The van der Waals surface area contributed by atoms with Crippen molar-refractivity contribution in [2.45, 2.75) is 32.2 Å². The van der Waals surface area contributed by atoms with Crippen LogP contribution in [0.2, 0.25) is 5.02 Å². The molecule has 2 aliphatic rings. The summed E-state index contributed by atoms with van der Waals surface area (Å²) in [4.78, 5) is 10.9. The molecule has 0 radical (unpaired) electrons. The summed E-state index contributed by atoms with van der Waals surface area (Å²) in [5.74, 6) is 1.82. The van der Waals surface area contributed by atoms with Gasteiger partial charge in [-0.3, -0.25) is 10.1 Å². The topological polar surface area (TPSA) is 64.4 Å². The second-order valence-electron chi connectivity index (χ2n) is 7.87. The van der Waals surface area contributed by atoms with Crippen molar-refractivity contribution in [3.8, 4) is 5.75 Å². The molecule has 0 bridgehead atoms. The predicted octanol–water partition coefficient (Wildman–Crippen LogP) is 6.11. The number of allylic oxidation sites excluding steroid dienone is 2. The Hall–Kier alpha value is -2.53. The maximum atomic E-state index is 11.4. The van der Waals surface area contributed by atoms with Gasteiger partial charge in [-0.15, -0.1) is 0 Å². The molecular weight excluding hydrogens is 376 g/mol. The molecule has 0 amide bonds. The number of nitrogens with one attached hydrogen (secondary N) is 1. The number of nitro groups is 1. The van der Waals surface area contributed by atoms with Crippen molar-refractivity contribution < 1.29 is 9.66 Å². The van der Waals surface area contributed by atoms with Gasteiger partial charge in [0.25, 0.3) is 5.69 Å². The standard InChI is InChI=1S/C22H23ClN2O3/c1-13(2)12-28-20-8-4-7-17-15-5-3-6-16(15)21(24-22(17)20)14-9-10-18(23)19(11-14)25(26)27/h3-5,7-11,13,15-16,21,24H,6,12H2,1-2H3. The van der Waals surface area contributed by atoms with Crippen LogP contribution in [0.1, 0.15) is 43.4 Å². The van der Waals surface area contributed by atoms with E-state index in [9.17, 15) is 10.1 Å². The second kappa shape index (κ2) is 7.47. The Morgan fingerprint density at radius 1 is 1.32 bits per heavy atom. The van der Waals surface area contributed by atoms with Crippen LogP contribution in [-0.2, 0) is 0 Å². The van der Waals surface area contributed by atoms with Crippen molar-refractivity contribution in [1.29, 1.82) is 0 Å². The second-order valence-corrected chi connectivity index (χ2v) is 8.28. The lowest BCUT2D eigenvalue weighted by molar-refractivity contribution is -0.384. The Bertz CT molecular complexity index is 941. The Morgan fingerprint density at radius 2 is 2.14 bits per heavy atom. The third kappa shape index (κ3) is 3.35. The molecule has 28 heavy (non-hydrogen) atoms. The molecule has 1 aliphatic heterocycles. The van der Waals surface area contributed by atoms with E-state index in [2.05, 4.69) is 37.4 Å². The molecule has 1 N–H and O–H groups in total. The van der Waals surface area contributed by atoms with Gasteiger partial charge < -0.3 is 10.1 Å². The van der Waals surface area contributed by atoms with Crippen molar-refractivity contribution in [2.24, 2.45) is 11.8 Å². The Kier molecular flexibility index (Phi) is 5.02. The van der Waals surface area contributed by atoms with Gasteiger partial charge in [-0.25, -0.2) is 0 Å². The Morgan fingerprint density at radius 3 is 2.89 bits per heavy atom. The highest BCUT2D eigenvalue weighted by molar-refractivity contribution is 6.32. The van der Waals surface area contributed by atoms with Gasteiger partial charge in [0.15, 0.2) is 0 Å². The van der Waals surface area contributed by atoms with Crippen molar-refractivity contribution in [3.63, 3.8) is 0 Å². The molecule has 4 rings (SSSR count). The number of fused-ring (bicyclic) bond motifs is 3. The van der Waals surface area contributed by atoms with E-state index >= 15 is 0 Å². The summed E-state index contributed by atoms with van der Waals surface area (Å²) in [5, 5.41) is 15.1. The van der Waals surface area contributed by atoms with E-state index in [4.69, 9.17) is 16.3 Å². The van der Waals surface area contributed by atoms with Crippen LogP contribution < -0.4 is 10.1 Å². The molecule has 0 saturated carbocycles. The zero-order valence-electron chi connectivity index (χ0n) is 15.9. The number of benzene rings is 2. The number of anilines is 1. The Labute approximate surface area is 169 Å². The van der Waals surface area contributed by atoms with E-state index in [1.165, 1.54) is 5.56 Å². The van der Waals surface area contributed by atoms with Gasteiger partial charge in [0.2, 0.25) is 0 Å². The van der Waals surface area contributed by atoms with Crippen LogP contribution in [0, 0.1) is 22.0 Å². The number of nitrogens with zero attached hydrogens (tertiary/aromatic N) is 1. The third-order valence-corrected chi connectivity index (χ3v) is 5.78. The highest BCUT2D eigenvalue weighted by Crippen LogP contribution is 2.52. The van der Waals surface area contributed by atoms with Crippen LogP contribution in [0.15, 0.2) is 48.6 Å².